The lowest BCUT2D eigenvalue weighted by atomic mass is 10.3. The third kappa shape index (κ3) is 3.29. The molecule has 1 aromatic carbocycles. The molecule has 4 rings (SSSR count). The molecule has 0 unspecified atom stereocenters. The first-order valence-electron chi connectivity index (χ1n) is 8.38. The van der Waals surface area contributed by atoms with Crippen LogP contribution in [0.4, 0.5) is 0 Å². The number of para-hydroxylation sites is 1. The average Bonchev–Trinajstić information content (AvgIpc) is 3.29. The van der Waals surface area contributed by atoms with E-state index in [0.717, 1.165) is 21.0 Å². The summed E-state index contributed by atoms with van der Waals surface area (Å²) in [4.78, 5) is 33.5. The van der Waals surface area contributed by atoms with Gasteiger partial charge in [0.25, 0.3) is 5.56 Å². The maximum Gasteiger partial charge on any atom is 0.332 e. The Bertz CT molecular complexity index is 1270. The van der Waals surface area contributed by atoms with Crippen molar-refractivity contribution in [3.63, 3.8) is 0 Å². The molecule has 0 aliphatic carbocycles. The molecular weight excluding hydrogens is 446 g/mol. The molecule has 144 valence electrons. The lowest BCUT2D eigenvalue weighted by Gasteiger charge is -2.08. The summed E-state index contributed by atoms with van der Waals surface area (Å²) in [6.45, 7) is 0.749. The van der Waals surface area contributed by atoms with E-state index >= 15 is 0 Å². The van der Waals surface area contributed by atoms with Crippen LogP contribution in [0.5, 0.6) is 5.75 Å². The quantitative estimate of drug-likeness (QED) is 0.425. The molecular formula is C18H16BrN5O3S. The van der Waals surface area contributed by atoms with Gasteiger partial charge in [0.05, 0.1) is 12.2 Å². The molecule has 0 aliphatic rings. The number of halogens is 1. The van der Waals surface area contributed by atoms with Crippen molar-refractivity contribution >= 4 is 38.4 Å². The Labute approximate surface area is 171 Å². The van der Waals surface area contributed by atoms with Gasteiger partial charge in [-0.05, 0) is 28.1 Å². The fourth-order valence-corrected chi connectivity index (χ4v) is 4.08. The van der Waals surface area contributed by atoms with Gasteiger partial charge in [-0.3, -0.25) is 18.5 Å². The highest BCUT2D eigenvalue weighted by Crippen LogP contribution is 2.20. The van der Waals surface area contributed by atoms with Gasteiger partial charge >= 0.3 is 5.69 Å². The van der Waals surface area contributed by atoms with Crippen LogP contribution in [0.1, 0.15) is 10.7 Å². The summed E-state index contributed by atoms with van der Waals surface area (Å²) in [7, 11) is 3.06. The van der Waals surface area contributed by atoms with E-state index in [2.05, 4.69) is 25.9 Å². The van der Waals surface area contributed by atoms with Crippen LogP contribution < -0.4 is 16.0 Å². The van der Waals surface area contributed by atoms with Crippen molar-refractivity contribution in [3.05, 3.63) is 72.0 Å². The van der Waals surface area contributed by atoms with E-state index in [1.807, 2.05) is 35.7 Å². The molecule has 0 spiro atoms. The molecule has 0 N–H and O–H groups in total. The molecule has 28 heavy (non-hydrogen) atoms. The van der Waals surface area contributed by atoms with Crippen LogP contribution in [0.3, 0.4) is 0 Å². The van der Waals surface area contributed by atoms with Gasteiger partial charge in [-0.15, -0.1) is 11.3 Å². The fourth-order valence-electron chi connectivity index (χ4n) is 2.91. The first-order valence-corrected chi connectivity index (χ1v) is 10.1. The zero-order chi connectivity index (χ0) is 19.8. The molecule has 0 fully saturated rings. The Hall–Kier alpha value is -2.72. The van der Waals surface area contributed by atoms with E-state index in [1.54, 1.807) is 11.6 Å². The Morgan fingerprint density at radius 1 is 1.11 bits per heavy atom. The minimum Gasteiger partial charge on any atom is -0.486 e. The molecule has 4 aromatic rings. The van der Waals surface area contributed by atoms with Crippen LogP contribution >= 0.6 is 27.3 Å². The second-order valence-corrected chi connectivity index (χ2v) is 7.83. The Morgan fingerprint density at radius 2 is 1.86 bits per heavy atom. The number of aromatic nitrogens is 5. The number of aryl methyl sites for hydroxylation is 1. The second-order valence-electron chi connectivity index (χ2n) is 6.18. The number of fused-ring (bicyclic) bond motifs is 1. The first kappa shape index (κ1) is 18.6. The van der Waals surface area contributed by atoms with Crippen LogP contribution in [-0.4, -0.2) is 23.7 Å². The summed E-state index contributed by atoms with van der Waals surface area (Å²) in [6, 6.07) is 9.55. The van der Waals surface area contributed by atoms with E-state index in [9.17, 15) is 9.59 Å². The normalized spacial score (nSPS) is 11.2. The Morgan fingerprint density at radius 3 is 2.61 bits per heavy atom. The predicted molar refractivity (Wildman–Crippen MR) is 110 cm³/mol. The molecule has 10 heteroatoms. The zero-order valence-corrected chi connectivity index (χ0v) is 17.5. The molecule has 0 amide bonds. The summed E-state index contributed by atoms with van der Waals surface area (Å²) in [5.41, 5.74) is 0.661. The van der Waals surface area contributed by atoms with Crippen molar-refractivity contribution in [3.8, 4) is 5.75 Å². The van der Waals surface area contributed by atoms with Gasteiger partial charge in [0, 0.05) is 19.5 Å². The van der Waals surface area contributed by atoms with E-state index < -0.39 is 11.2 Å². The minimum absolute atomic E-state index is 0.235. The predicted octanol–water partition coefficient (Wildman–Crippen LogP) is 2.28. The van der Waals surface area contributed by atoms with Crippen LogP contribution in [0.15, 0.2) is 50.0 Å². The summed E-state index contributed by atoms with van der Waals surface area (Å²) < 4.78 is 10.4. The fraction of sp³-hybridized carbons (Fsp3) is 0.222. The average molecular weight is 462 g/mol. The van der Waals surface area contributed by atoms with Crippen LogP contribution in [-0.2, 0) is 27.2 Å². The van der Waals surface area contributed by atoms with E-state index in [1.165, 1.54) is 23.0 Å². The number of imidazole rings is 1. The first-order chi connectivity index (χ1) is 13.5. The van der Waals surface area contributed by atoms with Crippen molar-refractivity contribution in [2.45, 2.75) is 13.2 Å². The Kier molecular flexibility index (Phi) is 4.90. The lowest BCUT2D eigenvalue weighted by molar-refractivity contribution is 0.305. The summed E-state index contributed by atoms with van der Waals surface area (Å²) >= 11 is 4.89. The maximum atomic E-state index is 12.4. The lowest BCUT2D eigenvalue weighted by Crippen LogP contribution is -2.37. The van der Waals surface area contributed by atoms with Crippen molar-refractivity contribution in [1.29, 1.82) is 0 Å². The van der Waals surface area contributed by atoms with Gasteiger partial charge < -0.3 is 4.74 Å². The molecule has 8 nitrogen and oxygen atoms in total. The molecule has 0 bridgehead atoms. The number of hydrogen-bond donors (Lipinski definition) is 0. The van der Waals surface area contributed by atoms with Gasteiger partial charge in [-0.25, -0.2) is 14.8 Å². The van der Waals surface area contributed by atoms with Crippen LogP contribution in [0.2, 0.25) is 0 Å². The monoisotopic (exact) mass is 461 g/mol. The largest absolute Gasteiger partial charge is 0.486 e. The van der Waals surface area contributed by atoms with E-state index in [-0.39, 0.29) is 5.52 Å². The van der Waals surface area contributed by atoms with Gasteiger partial charge in [0.15, 0.2) is 15.9 Å². The van der Waals surface area contributed by atoms with Gasteiger partial charge in [0.1, 0.15) is 17.4 Å². The smallest absolute Gasteiger partial charge is 0.332 e. The van der Waals surface area contributed by atoms with Gasteiger partial charge in [-0.2, -0.15) is 0 Å². The molecule has 3 heterocycles. The highest BCUT2D eigenvalue weighted by atomic mass is 79.9. The third-order valence-electron chi connectivity index (χ3n) is 4.32. The standard InChI is InChI=1S/C18H16BrN5O3S/c1-22-15-14(16(25)23(2)18(22)26)21-17(19)24(15)8-11-10-28-13(20-11)9-27-12-6-4-3-5-7-12/h3-7,10H,8-9H2,1-2H3. The van der Waals surface area contributed by atoms with Crippen LogP contribution in [0, 0.1) is 0 Å². The van der Waals surface area contributed by atoms with E-state index in [0.29, 0.717) is 23.5 Å². The van der Waals surface area contributed by atoms with E-state index in [4.69, 9.17) is 4.74 Å². The number of ether oxygens (including phenoxy) is 1. The highest BCUT2D eigenvalue weighted by Gasteiger charge is 2.18. The van der Waals surface area contributed by atoms with Crippen molar-refractivity contribution in [2.75, 3.05) is 0 Å². The number of benzene rings is 1. The summed E-state index contributed by atoms with van der Waals surface area (Å²) in [6.07, 6.45) is 0. The SMILES string of the molecule is Cn1c(=O)c2nc(Br)n(Cc3csc(COc4ccccc4)n3)c2n(C)c1=O. The molecule has 0 atom stereocenters. The number of thiazole rings is 1. The molecule has 0 saturated carbocycles. The zero-order valence-electron chi connectivity index (χ0n) is 15.1. The number of hydrogen-bond acceptors (Lipinski definition) is 6. The molecule has 0 radical (unpaired) electrons. The van der Waals surface area contributed by atoms with Crippen LogP contribution in [0.25, 0.3) is 11.2 Å². The third-order valence-corrected chi connectivity index (χ3v) is 5.79. The number of nitrogens with zero attached hydrogens (tertiary/aromatic N) is 5. The maximum absolute atomic E-state index is 12.4. The molecule has 3 aromatic heterocycles. The van der Waals surface area contributed by atoms with Crippen molar-refractivity contribution in [1.82, 2.24) is 23.7 Å². The molecule has 0 aliphatic heterocycles. The highest BCUT2D eigenvalue weighted by molar-refractivity contribution is 9.10. The van der Waals surface area contributed by atoms with Gasteiger partial charge in [0.2, 0.25) is 0 Å². The second kappa shape index (κ2) is 7.36. The topological polar surface area (TPSA) is 83.9 Å². The number of rotatable bonds is 5. The summed E-state index contributed by atoms with van der Waals surface area (Å²) in [5.74, 6) is 0.786. The van der Waals surface area contributed by atoms with Crippen molar-refractivity contribution < 1.29 is 4.74 Å². The minimum atomic E-state index is -0.423. The Balaban J connectivity index is 1.63. The van der Waals surface area contributed by atoms with Gasteiger partial charge in [-0.1, -0.05) is 18.2 Å². The van der Waals surface area contributed by atoms with Crippen molar-refractivity contribution in [2.24, 2.45) is 14.1 Å². The summed E-state index contributed by atoms with van der Waals surface area (Å²) in [5, 5.41) is 2.77. The molecule has 0 saturated heterocycles.